The fraction of sp³-hybridized carbons (Fsp3) is 0.333. The van der Waals surface area contributed by atoms with Crippen molar-refractivity contribution in [3.8, 4) is 0 Å². The van der Waals surface area contributed by atoms with Gasteiger partial charge in [0, 0.05) is 4.88 Å². The molecule has 1 amide bonds. The van der Waals surface area contributed by atoms with Crippen molar-refractivity contribution in [3.05, 3.63) is 37.7 Å². The molecule has 0 aliphatic carbocycles. The van der Waals surface area contributed by atoms with E-state index in [0.717, 1.165) is 12.8 Å². The zero-order chi connectivity index (χ0) is 15.4. The van der Waals surface area contributed by atoms with Crippen LogP contribution in [0.1, 0.15) is 43.1 Å². The number of aryl methyl sites for hydroxylation is 2. The number of thiophene rings is 2. The van der Waals surface area contributed by atoms with Crippen LogP contribution in [0, 0.1) is 6.92 Å². The molecule has 2 rings (SSSR count). The third-order valence-corrected chi connectivity index (χ3v) is 5.03. The number of hydrogen-bond acceptors (Lipinski definition) is 5. The molecule has 1 N–H and O–H groups in total. The summed E-state index contributed by atoms with van der Waals surface area (Å²) in [5.74, 6) is -0.622. The lowest BCUT2D eigenvalue weighted by Gasteiger charge is -2.03. The molecule has 0 unspecified atom stereocenters. The van der Waals surface area contributed by atoms with E-state index in [1.54, 1.807) is 11.4 Å². The summed E-state index contributed by atoms with van der Waals surface area (Å²) in [4.78, 5) is 26.1. The Labute approximate surface area is 131 Å². The number of methoxy groups -OCH3 is 1. The first kappa shape index (κ1) is 15.7. The molecule has 0 fully saturated rings. The van der Waals surface area contributed by atoms with Crippen molar-refractivity contribution >= 4 is 40.2 Å². The van der Waals surface area contributed by atoms with Crippen LogP contribution in [-0.2, 0) is 11.2 Å². The molecule has 0 atom stereocenters. The van der Waals surface area contributed by atoms with Gasteiger partial charge in [-0.3, -0.25) is 4.79 Å². The van der Waals surface area contributed by atoms with E-state index in [1.165, 1.54) is 40.2 Å². The standard InChI is InChI=1S/C15H17NO3S2/c1-4-5-10-8-12(21-9(10)2)14(17)16-11-6-7-20-13(11)15(18)19-3/h6-8H,4-5H2,1-3H3,(H,16,17). The highest BCUT2D eigenvalue weighted by Crippen LogP contribution is 2.27. The molecule has 2 aromatic heterocycles. The van der Waals surface area contributed by atoms with Gasteiger partial charge in [-0.1, -0.05) is 13.3 Å². The molecule has 112 valence electrons. The molecular weight excluding hydrogens is 306 g/mol. The van der Waals surface area contributed by atoms with Gasteiger partial charge in [0.15, 0.2) is 0 Å². The Kier molecular flexibility index (Phi) is 5.14. The number of amides is 1. The lowest BCUT2D eigenvalue weighted by molar-refractivity contribution is 0.0607. The van der Waals surface area contributed by atoms with E-state index >= 15 is 0 Å². The Bertz CT molecular complexity index is 658. The van der Waals surface area contributed by atoms with E-state index in [2.05, 4.69) is 12.2 Å². The molecular formula is C15H17NO3S2. The van der Waals surface area contributed by atoms with Crippen LogP contribution in [0.25, 0.3) is 0 Å². The molecule has 0 radical (unpaired) electrons. The first-order valence-electron chi connectivity index (χ1n) is 6.63. The summed E-state index contributed by atoms with van der Waals surface area (Å²) in [6.07, 6.45) is 2.02. The molecule has 2 heterocycles. The van der Waals surface area contributed by atoms with Gasteiger partial charge in [-0.05, 0) is 36.4 Å². The van der Waals surface area contributed by atoms with Crippen LogP contribution in [0.2, 0.25) is 0 Å². The molecule has 0 saturated heterocycles. The summed E-state index contributed by atoms with van der Waals surface area (Å²) in [5, 5.41) is 4.54. The highest BCUT2D eigenvalue weighted by Gasteiger charge is 2.18. The van der Waals surface area contributed by atoms with Crippen LogP contribution in [0.4, 0.5) is 5.69 Å². The minimum Gasteiger partial charge on any atom is -0.465 e. The van der Waals surface area contributed by atoms with Crippen molar-refractivity contribution in [1.29, 1.82) is 0 Å². The van der Waals surface area contributed by atoms with Crippen LogP contribution in [-0.4, -0.2) is 19.0 Å². The van der Waals surface area contributed by atoms with Crippen molar-refractivity contribution in [1.82, 2.24) is 0 Å². The summed E-state index contributed by atoms with van der Waals surface area (Å²) in [6.45, 7) is 4.14. The number of ether oxygens (including phenoxy) is 1. The second-order valence-electron chi connectivity index (χ2n) is 4.55. The predicted octanol–water partition coefficient (Wildman–Crippen LogP) is 4.11. The van der Waals surface area contributed by atoms with Crippen LogP contribution < -0.4 is 5.32 Å². The fourth-order valence-corrected chi connectivity index (χ4v) is 3.72. The highest BCUT2D eigenvalue weighted by molar-refractivity contribution is 7.14. The van der Waals surface area contributed by atoms with Crippen LogP contribution in [0.3, 0.4) is 0 Å². The van der Waals surface area contributed by atoms with E-state index < -0.39 is 5.97 Å². The Morgan fingerprint density at radius 3 is 2.81 bits per heavy atom. The van der Waals surface area contributed by atoms with Gasteiger partial charge in [0.05, 0.1) is 17.7 Å². The van der Waals surface area contributed by atoms with Gasteiger partial charge < -0.3 is 10.1 Å². The van der Waals surface area contributed by atoms with E-state index in [1.807, 2.05) is 13.0 Å². The van der Waals surface area contributed by atoms with Gasteiger partial charge >= 0.3 is 5.97 Å². The average Bonchev–Trinajstić information content (AvgIpc) is 3.06. The summed E-state index contributed by atoms with van der Waals surface area (Å²) < 4.78 is 4.70. The largest absolute Gasteiger partial charge is 0.465 e. The van der Waals surface area contributed by atoms with E-state index in [9.17, 15) is 9.59 Å². The zero-order valence-corrected chi connectivity index (χ0v) is 13.8. The maximum Gasteiger partial charge on any atom is 0.350 e. The summed E-state index contributed by atoms with van der Waals surface area (Å²) in [6, 6.07) is 3.64. The number of hydrogen-bond donors (Lipinski definition) is 1. The van der Waals surface area contributed by atoms with Gasteiger partial charge in [0.2, 0.25) is 0 Å². The molecule has 4 nitrogen and oxygen atoms in total. The minimum atomic E-state index is -0.436. The molecule has 0 aromatic carbocycles. The minimum absolute atomic E-state index is 0.186. The second-order valence-corrected chi connectivity index (χ2v) is 6.72. The molecule has 0 bridgehead atoms. The monoisotopic (exact) mass is 323 g/mol. The third kappa shape index (κ3) is 3.51. The van der Waals surface area contributed by atoms with Gasteiger partial charge in [-0.15, -0.1) is 22.7 Å². The second kappa shape index (κ2) is 6.87. The van der Waals surface area contributed by atoms with Gasteiger partial charge in [0.1, 0.15) is 4.88 Å². The maximum atomic E-state index is 12.3. The first-order chi connectivity index (χ1) is 10.1. The van der Waals surface area contributed by atoms with E-state index in [4.69, 9.17) is 4.74 Å². The predicted molar refractivity (Wildman–Crippen MR) is 86.7 cm³/mol. The van der Waals surface area contributed by atoms with Gasteiger partial charge in [-0.25, -0.2) is 4.79 Å². The van der Waals surface area contributed by atoms with Crippen LogP contribution >= 0.6 is 22.7 Å². The van der Waals surface area contributed by atoms with Crippen molar-refractivity contribution in [2.45, 2.75) is 26.7 Å². The Morgan fingerprint density at radius 2 is 2.14 bits per heavy atom. The highest BCUT2D eigenvalue weighted by atomic mass is 32.1. The Balaban J connectivity index is 2.17. The quantitative estimate of drug-likeness (QED) is 0.843. The number of anilines is 1. The number of carbonyl (C=O) groups excluding carboxylic acids is 2. The lowest BCUT2D eigenvalue weighted by atomic mass is 10.1. The van der Waals surface area contributed by atoms with Gasteiger partial charge in [-0.2, -0.15) is 0 Å². The topological polar surface area (TPSA) is 55.4 Å². The van der Waals surface area contributed by atoms with Crippen molar-refractivity contribution < 1.29 is 14.3 Å². The van der Waals surface area contributed by atoms with Gasteiger partial charge in [0.25, 0.3) is 5.91 Å². The average molecular weight is 323 g/mol. The number of esters is 1. The summed E-state index contributed by atoms with van der Waals surface area (Å²) >= 11 is 2.73. The number of rotatable bonds is 5. The summed E-state index contributed by atoms with van der Waals surface area (Å²) in [5.41, 5.74) is 1.71. The molecule has 0 aliphatic heterocycles. The Hall–Kier alpha value is -1.66. The third-order valence-electron chi connectivity index (χ3n) is 3.05. The summed E-state index contributed by atoms with van der Waals surface area (Å²) in [7, 11) is 1.33. The molecule has 6 heteroatoms. The van der Waals surface area contributed by atoms with Crippen LogP contribution in [0.5, 0.6) is 0 Å². The SMILES string of the molecule is CCCc1cc(C(=O)Nc2ccsc2C(=O)OC)sc1C. The molecule has 21 heavy (non-hydrogen) atoms. The molecule has 0 saturated carbocycles. The first-order valence-corrected chi connectivity index (χ1v) is 8.32. The maximum absolute atomic E-state index is 12.3. The Morgan fingerprint density at radius 1 is 1.38 bits per heavy atom. The van der Waals surface area contributed by atoms with Crippen LogP contribution in [0.15, 0.2) is 17.5 Å². The normalized spacial score (nSPS) is 10.4. The van der Waals surface area contributed by atoms with Crippen molar-refractivity contribution in [2.24, 2.45) is 0 Å². The zero-order valence-electron chi connectivity index (χ0n) is 12.2. The van der Waals surface area contributed by atoms with Crippen molar-refractivity contribution in [3.63, 3.8) is 0 Å². The van der Waals surface area contributed by atoms with E-state index in [0.29, 0.717) is 15.4 Å². The van der Waals surface area contributed by atoms with Crippen molar-refractivity contribution in [2.75, 3.05) is 12.4 Å². The lowest BCUT2D eigenvalue weighted by Crippen LogP contribution is -2.12. The number of carbonyl (C=O) groups is 2. The van der Waals surface area contributed by atoms with E-state index in [-0.39, 0.29) is 5.91 Å². The molecule has 0 spiro atoms. The number of nitrogens with one attached hydrogen (secondary N) is 1. The smallest absolute Gasteiger partial charge is 0.350 e. The molecule has 0 aliphatic rings. The fourth-order valence-electron chi connectivity index (χ4n) is 1.99. The molecule has 2 aromatic rings.